The third kappa shape index (κ3) is 4.37. The highest BCUT2D eigenvalue weighted by molar-refractivity contribution is 7.89. The highest BCUT2D eigenvalue weighted by Crippen LogP contribution is 2.16. The van der Waals surface area contributed by atoms with Gasteiger partial charge in [0.1, 0.15) is 5.82 Å². The molecule has 3 nitrogen and oxygen atoms in total. The number of hydrogen-bond acceptors (Lipinski definition) is 2. The molecule has 0 aliphatic carbocycles. The fourth-order valence-corrected chi connectivity index (χ4v) is 3.41. The topological polar surface area (TPSA) is 46.2 Å². The first-order valence-corrected chi connectivity index (χ1v) is 8.27. The zero-order valence-corrected chi connectivity index (χ0v) is 12.7. The minimum atomic E-state index is -3.66. The molecule has 0 heterocycles. The van der Waals surface area contributed by atoms with Crippen molar-refractivity contribution < 1.29 is 12.8 Å². The molecule has 0 fully saturated rings. The maximum absolute atomic E-state index is 13.2. The Kier molecular flexibility index (Phi) is 5.09. The molecule has 0 aliphatic heterocycles. The van der Waals surface area contributed by atoms with Gasteiger partial charge in [-0.2, -0.15) is 0 Å². The first kappa shape index (κ1) is 15.7. The summed E-state index contributed by atoms with van der Waals surface area (Å²) in [6.45, 7) is 1.98. The van der Waals surface area contributed by atoms with Crippen molar-refractivity contribution >= 4 is 10.0 Å². The zero-order chi connectivity index (χ0) is 15.3. The second-order valence-corrected chi connectivity index (χ2v) is 6.63. The van der Waals surface area contributed by atoms with E-state index < -0.39 is 15.8 Å². The van der Waals surface area contributed by atoms with Gasteiger partial charge in [0.25, 0.3) is 0 Å². The highest BCUT2D eigenvalue weighted by atomic mass is 32.2. The van der Waals surface area contributed by atoms with Crippen LogP contribution in [-0.4, -0.2) is 15.0 Å². The van der Waals surface area contributed by atoms with Crippen molar-refractivity contribution in [2.24, 2.45) is 0 Å². The number of nitrogens with one attached hydrogen (secondary N) is 1. The van der Waals surface area contributed by atoms with E-state index in [1.165, 1.54) is 17.7 Å². The lowest BCUT2D eigenvalue weighted by molar-refractivity contribution is 0.574. The number of hydrogen-bond donors (Lipinski definition) is 1. The van der Waals surface area contributed by atoms with Crippen LogP contribution in [0.25, 0.3) is 0 Å². The van der Waals surface area contributed by atoms with Gasteiger partial charge in [0, 0.05) is 6.54 Å². The van der Waals surface area contributed by atoms with Gasteiger partial charge in [-0.15, -0.1) is 0 Å². The molecule has 5 heteroatoms. The van der Waals surface area contributed by atoms with E-state index in [9.17, 15) is 12.8 Å². The van der Waals surface area contributed by atoms with E-state index in [1.54, 1.807) is 6.92 Å². The fraction of sp³-hybridized carbons (Fsp3) is 0.250. The van der Waals surface area contributed by atoms with Crippen LogP contribution in [0.3, 0.4) is 0 Å². The van der Waals surface area contributed by atoms with Crippen LogP contribution in [0.1, 0.15) is 17.5 Å². The molecule has 0 bridgehead atoms. The van der Waals surface area contributed by atoms with Crippen LogP contribution >= 0.6 is 0 Å². The third-order valence-corrected chi connectivity index (χ3v) is 4.82. The minimum absolute atomic E-state index is 0.00205. The minimum Gasteiger partial charge on any atom is -0.211 e. The van der Waals surface area contributed by atoms with Crippen LogP contribution in [0, 0.1) is 12.7 Å². The Morgan fingerprint density at radius 1 is 1.10 bits per heavy atom. The van der Waals surface area contributed by atoms with Crippen molar-refractivity contribution in [3.8, 4) is 0 Å². The molecule has 0 unspecified atom stereocenters. The Hall–Kier alpha value is -1.72. The molecule has 2 rings (SSSR count). The molecule has 0 aliphatic rings. The van der Waals surface area contributed by atoms with Crippen LogP contribution in [0.15, 0.2) is 53.4 Å². The zero-order valence-electron chi connectivity index (χ0n) is 11.8. The van der Waals surface area contributed by atoms with E-state index in [4.69, 9.17) is 0 Å². The Morgan fingerprint density at radius 3 is 2.52 bits per heavy atom. The van der Waals surface area contributed by atoms with Crippen LogP contribution in [0.2, 0.25) is 0 Å². The van der Waals surface area contributed by atoms with E-state index in [1.807, 2.05) is 30.3 Å². The molecule has 0 amide bonds. The second-order valence-electron chi connectivity index (χ2n) is 4.90. The number of aryl methyl sites for hydroxylation is 2. The second kappa shape index (κ2) is 6.83. The van der Waals surface area contributed by atoms with Gasteiger partial charge in [0.15, 0.2) is 0 Å². The van der Waals surface area contributed by atoms with Crippen molar-refractivity contribution in [3.63, 3.8) is 0 Å². The Morgan fingerprint density at radius 2 is 1.81 bits per heavy atom. The molecule has 112 valence electrons. The molecule has 2 aromatic rings. The summed E-state index contributed by atoms with van der Waals surface area (Å²) in [4.78, 5) is 0.00205. The van der Waals surface area contributed by atoms with Crippen molar-refractivity contribution in [2.75, 3.05) is 6.54 Å². The van der Waals surface area contributed by atoms with Crippen LogP contribution in [0.4, 0.5) is 4.39 Å². The summed E-state index contributed by atoms with van der Waals surface area (Å²) in [5, 5.41) is 0. The summed E-state index contributed by atoms with van der Waals surface area (Å²) in [5.74, 6) is -0.551. The predicted octanol–water partition coefficient (Wildman–Crippen LogP) is 3.05. The Balaban J connectivity index is 1.94. The normalized spacial score (nSPS) is 11.5. The number of sulfonamides is 1. The smallest absolute Gasteiger partial charge is 0.211 e. The number of benzene rings is 2. The summed E-state index contributed by atoms with van der Waals surface area (Å²) >= 11 is 0. The maximum atomic E-state index is 13.2. The van der Waals surface area contributed by atoms with E-state index >= 15 is 0 Å². The average Bonchev–Trinajstić information content (AvgIpc) is 2.47. The Labute approximate surface area is 124 Å². The summed E-state index contributed by atoms with van der Waals surface area (Å²) in [7, 11) is -3.66. The summed E-state index contributed by atoms with van der Waals surface area (Å²) in [6, 6.07) is 13.6. The molecule has 0 saturated carbocycles. The lowest BCUT2D eigenvalue weighted by Gasteiger charge is -2.09. The third-order valence-electron chi connectivity index (χ3n) is 3.22. The quantitative estimate of drug-likeness (QED) is 0.834. The van der Waals surface area contributed by atoms with Crippen molar-refractivity contribution in [2.45, 2.75) is 24.7 Å². The molecule has 0 saturated heterocycles. The predicted molar refractivity (Wildman–Crippen MR) is 81.1 cm³/mol. The van der Waals surface area contributed by atoms with E-state index in [-0.39, 0.29) is 4.90 Å². The van der Waals surface area contributed by atoms with Gasteiger partial charge in [-0.25, -0.2) is 17.5 Å². The van der Waals surface area contributed by atoms with Gasteiger partial charge in [-0.05, 0) is 43.0 Å². The monoisotopic (exact) mass is 307 g/mol. The molecular weight excluding hydrogens is 289 g/mol. The SMILES string of the molecule is Cc1ccc(F)cc1S(=O)(=O)NCCCc1ccccc1. The van der Waals surface area contributed by atoms with Crippen LogP contribution in [-0.2, 0) is 16.4 Å². The van der Waals surface area contributed by atoms with Crippen molar-refractivity contribution in [3.05, 3.63) is 65.5 Å². The van der Waals surface area contributed by atoms with Gasteiger partial charge in [0.05, 0.1) is 4.90 Å². The lowest BCUT2D eigenvalue weighted by atomic mass is 10.1. The molecule has 0 spiro atoms. The fourth-order valence-electron chi connectivity index (χ4n) is 2.08. The maximum Gasteiger partial charge on any atom is 0.240 e. The first-order valence-electron chi connectivity index (χ1n) is 6.79. The van der Waals surface area contributed by atoms with Gasteiger partial charge in [-0.1, -0.05) is 36.4 Å². The molecule has 1 N–H and O–H groups in total. The van der Waals surface area contributed by atoms with Crippen molar-refractivity contribution in [1.82, 2.24) is 4.72 Å². The molecule has 2 aromatic carbocycles. The average molecular weight is 307 g/mol. The first-order chi connectivity index (χ1) is 9.99. The summed E-state index contributed by atoms with van der Waals surface area (Å²) in [5.41, 5.74) is 1.70. The molecule has 0 atom stereocenters. The molecule has 0 aromatic heterocycles. The highest BCUT2D eigenvalue weighted by Gasteiger charge is 2.16. The molecular formula is C16H18FNO2S. The van der Waals surface area contributed by atoms with Gasteiger partial charge in [0.2, 0.25) is 10.0 Å². The number of rotatable bonds is 6. The largest absolute Gasteiger partial charge is 0.240 e. The summed E-state index contributed by atoms with van der Waals surface area (Å²) < 4.78 is 40.0. The van der Waals surface area contributed by atoms with Crippen LogP contribution in [0.5, 0.6) is 0 Å². The molecule has 21 heavy (non-hydrogen) atoms. The standard InChI is InChI=1S/C16H18FNO2S/c1-13-9-10-15(17)12-16(13)21(19,20)18-11-5-8-14-6-3-2-4-7-14/h2-4,6-7,9-10,12,18H,5,8,11H2,1H3. The lowest BCUT2D eigenvalue weighted by Crippen LogP contribution is -2.26. The number of halogens is 1. The van der Waals surface area contributed by atoms with Crippen molar-refractivity contribution in [1.29, 1.82) is 0 Å². The van der Waals surface area contributed by atoms with E-state index in [0.29, 0.717) is 18.5 Å². The van der Waals surface area contributed by atoms with Gasteiger partial charge >= 0.3 is 0 Å². The van der Waals surface area contributed by atoms with Crippen LogP contribution < -0.4 is 4.72 Å². The summed E-state index contributed by atoms with van der Waals surface area (Å²) in [6.07, 6.45) is 1.49. The Bertz CT molecular complexity index is 699. The van der Waals surface area contributed by atoms with Gasteiger partial charge < -0.3 is 0 Å². The van der Waals surface area contributed by atoms with Gasteiger partial charge in [-0.3, -0.25) is 0 Å². The van der Waals surface area contributed by atoms with E-state index in [0.717, 1.165) is 12.5 Å². The molecule has 0 radical (unpaired) electrons. The van der Waals surface area contributed by atoms with E-state index in [2.05, 4.69) is 4.72 Å².